The molecule has 0 radical (unpaired) electrons. The number of nitrogens with two attached hydrogens (primary N) is 1. The van der Waals surface area contributed by atoms with Gasteiger partial charge in [0, 0.05) is 23.7 Å². The standard InChI is InChI=1S/C16H14BrF2N5S/c17-9-1-2-10(18)14(15(9)19)8-5-12-11(6-22-13(21)3-4-20)23-16(25)24(12)7-8/h1-2,8H,3,5-7H2,(H2,21,22)(H,23,25)/t8-/m1/s1. The number of rotatable bonds is 4. The predicted octanol–water partition coefficient (Wildman–Crippen LogP) is 3.70. The van der Waals surface area contributed by atoms with Gasteiger partial charge in [0.15, 0.2) is 4.77 Å². The molecule has 130 valence electrons. The first-order chi connectivity index (χ1) is 11.9. The Kier molecular flexibility index (Phi) is 5.01. The summed E-state index contributed by atoms with van der Waals surface area (Å²) < 4.78 is 31.1. The molecule has 3 N–H and O–H groups in total. The average Bonchev–Trinajstić information content (AvgIpc) is 3.11. The lowest BCUT2D eigenvalue weighted by Crippen LogP contribution is -2.11. The number of amidine groups is 1. The number of aromatic amines is 1. The molecule has 5 nitrogen and oxygen atoms in total. The van der Waals surface area contributed by atoms with Crippen molar-refractivity contribution in [1.82, 2.24) is 9.55 Å². The number of fused-ring (bicyclic) bond motifs is 1. The molecule has 1 aromatic heterocycles. The van der Waals surface area contributed by atoms with Gasteiger partial charge in [-0.25, -0.2) is 8.78 Å². The van der Waals surface area contributed by atoms with Crippen LogP contribution in [0.5, 0.6) is 0 Å². The highest BCUT2D eigenvalue weighted by Gasteiger charge is 2.31. The van der Waals surface area contributed by atoms with Gasteiger partial charge in [0.05, 0.1) is 29.2 Å². The fourth-order valence-corrected chi connectivity index (χ4v) is 3.71. The molecule has 9 heteroatoms. The third kappa shape index (κ3) is 3.37. The zero-order valence-electron chi connectivity index (χ0n) is 13.0. The number of H-pyrrole nitrogens is 1. The maximum Gasteiger partial charge on any atom is 0.177 e. The second kappa shape index (κ2) is 7.06. The maximum absolute atomic E-state index is 14.4. The molecular weight excluding hydrogens is 412 g/mol. The SMILES string of the molecule is N#CCC(N)=NCc1[nH]c(=S)n2c1C[C@@H](c1c(F)ccc(Br)c1F)C2. The lowest BCUT2D eigenvalue weighted by Gasteiger charge is -2.13. The molecule has 0 amide bonds. The fourth-order valence-electron chi connectivity index (χ4n) is 3.06. The monoisotopic (exact) mass is 425 g/mol. The van der Waals surface area contributed by atoms with Crippen LogP contribution in [0.4, 0.5) is 8.78 Å². The summed E-state index contributed by atoms with van der Waals surface area (Å²) in [4.78, 5) is 7.21. The zero-order chi connectivity index (χ0) is 18.1. The highest BCUT2D eigenvalue weighted by atomic mass is 79.9. The Morgan fingerprint density at radius 3 is 3.00 bits per heavy atom. The third-order valence-corrected chi connectivity index (χ3v) is 5.14. The lowest BCUT2D eigenvalue weighted by atomic mass is 9.95. The van der Waals surface area contributed by atoms with E-state index in [1.807, 2.05) is 10.6 Å². The van der Waals surface area contributed by atoms with Gasteiger partial charge < -0.3 is 15.3 Å². The van der Waals surface area contributed by atoms with Crippen LogP contribution in [-0.4, -0.2) is 15.4 Å². The van der Waals surface area contributed by atoms with Crippen LogP contribution in [0.3, 0.4) is 0 Å². The van der Waals surface area contributed by atoms with E-state index < -0.39 is 11.6 Å². The van der Waals surface area contributed by atoms with Crippen molar-refractivity contribution in [2.45, 2.75) is 31.8 Å². The summed E-state index contributed by atoms with van der Waals surface area (Å²) in [5.74, 6) is -1.25. The van der Waals surface area contributed by atoms with Crippen molar-refractivity contribution >= 4 is 34.0 Å². The number of nitrogens with zero attached hydrogens (tertiary/aromatic N) is 3. The molecule has 0 fully saturated rings. The van der Waals surface area contributed by atoms with E-state index in [0.717, 1.165) is 11.4 Å². The van der Waals surface area contributed by atoms with Crippen molar-refractivity contribution in [3.63, 3.8) is 0 Å². The minimum atomic E-state index is -0.580. The number of aliphatic imine (C=N–C) groups is 1. The van der Waals surface area contributed by atoms with E-state index in [0.29, 0.717) is 17.7 Å². The number of benzene rings is 1. The van der Waals surface area contributed by atoms with Crippen LogP contribution < -0.4 is 5.73 Å². The van der Waals surface area contributed by atoms with Gasteiger partial charge in [-0.1, -0.05) is 0 Å². The Morgan fingerprint density at radius 2 is 2.28 bits per heavy atom. The van der Waals surface area contributed by atoms with Gasteiger partial charge in [-0.2, -0.15) is 5.26 Å². The Morgan fingerprint density at radius 1 is 1.52 bits per heavy atom. The number of aromatic nitrogens is 2. The van der Waals surface area contributed by atoms with Crippen molar-refractivity contribution in [2.24, 2.45) is 10.7 Å². The molecule has 2 aromatic rings. The lowest BCUT2D eigenvalue weighted by molar-refractivity contribution is 0.509. The van der Waals surface area contributed by atoms with Crippen LogP contribution >= 0.6 is 28.1 Å². The van der Waals surface area contributed by atoms with Crippen molar-refractivity contribution in [3.8, 4) is 6.07 Å². The molecule has 0 bridgehead atoms. The van der Waals surface area contributed by atoms with Crippen LogP contribution in [0.2, 0.25) is 0 Å². The summed E-state index contributed by atoms with van der Waals surface area (Å²) in [6, 6.07) is 4.54. The van der Waals surface area contributed by atoms with Gasteiger partial charge in [0.2, 0.25) is 0 Å². The molecule has 3 rings (SSSR count). The van der Waals surface area contributed by atoms with Crippen molar-refractivity contribution < 1.29 is 8.78 Å². The van der Waals surface area contributed by atoms with E-state index in [4.69, 9.17) is 23.2 Å². The first-order valence-electron chi connectivity index (χ1n) is 7.52. The quantitative estimate of drug-likeness (QED) is 0.339. The highest BCUT2D eigenvalue weighted by molar-refractivity contribution is 9.10. The van der Waals surface area contributed by atoms with Crippen LogP contribution in [0.15, 0.2) is 21.6 Å². The molecule has 0 unspecified atom stereocenters. The molecule has 1 aromatic carbocycles. The second-order valence-corrected chi connectivity index (χ2v) is 7.01. The van der Waals surface area contributed by atoms with Gasteiger partial charge in [0.1, 0.15) is 17.5 Å². The minimum Gasteiger partial charge on any atom is -0.387 e. The average molecular weight is 426 g/mol. The van der Waals surface area contributed by atoms with E-state index in [2.05, 4.69) is 25.9 Å². The Bertz CT molecular complexity index is 957. The molecule has 25 heavy (non-hydrogen) atoms. The summed E-state index contributed by atoms with van der Waals surface area (Å²) in [5.41, 5.74) is 7.31. The third-order valence-electron chi connectivity index (χ3n) is 4.21. The highest BCUT2D eigenvalue weighted by Crippen LogP contribution is 2.36. The van der Waals surface area contributed by atoms with Crippen LogP contribution in [-0.2, 0) is 19.5 Å². The van der Waals surface area contributed by atoms with E-state index in [-0.39, 0.29) is 34.8 Å². The largest absolute Gasteiger partial charge is 0.387 e. The molecule has 0 aliphatic carbocycles. The van der Waals surface area contributed by atoms with Gasteiger partial charge in [-0.15, -0.1) is 0 Å². The Hall–Kier alpha value is -2.05. The number of halogens is 3. The first-order valence-corrected chi connectivity index (χ1v) is 8.72. The molecule has 1 atom stereocenters. The topological polar surface area (TPSA) is 82.9 Å². The first kappa shape index (κ1) is 17.8. The van der Waals surface area contributed by atoms with E-state index in [9.17, 15) is 8.78 Å². The Balaban J connectivity index is 1.91. The summed E-state index contributed by atoms with van der Waals surface area (Å²) in [7, 11) is 0. The van der Waals surface area contributed by atoms with E-state index in [1.165, 1.54) is 12.1 Å². The smallest absolute Gasteiger partial charge is 0.177 e. The maximum atomic E-state index is 14.4. The van der Waals surface area contributed by atoms with Crippen LogP contribution in [0, 0.1) is 27.7 Å². The number of hydrogen-bond donors (Lipinski definition) is 2. The van der Waals surface area contributed by atoms with E-state index >= 15 is 0 Å². The number of nitriles is 1. The molecule has 0 saturated heterocycles. The van der Waals surface area contributed by atoms with Gasteiger partial charge in [0.25, 0.3) is 0 Å². The van der Waals surface area contributed by atoms with Gasteiger partial charge in [-0.05, 0) is 46.7 Å². The summed E-state index contributed by atoms with van der Waals surface area (Å²) in [6.45, 7) is 0.641. The van der Waals surface area contributed by atoms with Crippen LogP contribution in [0.25, 0.3) is 0 Å². The van der Waals surface area contributed by atoms with Crippen molar-refractivity contribution in [1.29, 1.82) is 5.26 Å². The fraction of sp³-hybridized carbons (Fsp3) is 0.312. The van der Waals surface area contributed by atoms with Crippen molar-refractivity contribution in [3.05, 3.63) is 50.0 Å². The molecule has 0 saturated carbocycles. The summed E-state index contributed by atoms with van der Waals surface area (Å²) >= 11 is 8.41. The molecule has 1 aliphatic heterocycles. The summed E-state index contributed by atoms with van der Waals surface area (Å²) in [6.07, 6.45) is 0.494. The van der Waals surface area contributed by atoms with Crippen LogP contribution in [0.1, 0.15) is 29.3 Å². The zero-order valence-corrected chi connectivity index (χ0v) is 15.4. The van der Waals surface area contributed by atoms with Gasteiger partial charge in [-0.3, -0.25) is 4.99 Å². The second-order valence-electron chi connectivity index (χ2n) is 5.77. The van der Waals surface area contributed by atoms with Gasteiger partial charge >= 0.3 is 0 Å². The molecule has 1 aliphatic rings. The number of hydrogen-bond acceptors (Lipinski definition) is 3. The Labute approximate surface area is 156 Å². The number of imidazole rings is 1. The molecular formula is C16H14BrF2N5S. The van der Waals surface area contributed by atoms with E-state index in [1.54, 1.807) is 0 Å². The van der Waals surface area contributed by atoms with Crippen molar-refractivity contribution in [2.75, 3.05) is 0 Å². The molecule has 2 heterocycles. The predicted molar refractivity (Wildman–Crippen MR) is 95.7 cm³/mol. The summed E-state index contributed by atoms with van der Waals surface area (Å²) in [5, 5.41) is 8.61. The number of nitrogens with one attached hydrogen (secondary N) is 1. The molecule has 0 spiro atoms. The normalized spacial score (nSPS) is 16.7. The minimum absolute atomic E-state index is 0.0495.